The minimum atomic E-state index is -0.838. The second-order valence-corrected chi connectivity index (χ2v) is 9.02. The number of methoxy groups -OCH3 is 1. The van der Waals surface area contributed by atoms with E-state index in [0.717, 1.165) is 22.4 Å². The molecule has 1 saturated heterocycles. The van der Waals surface area contributed by atoms with Gasteiger partial charge in [-0.3, -0.25) is 14.9 Å². The zero-order chi connectivity index (χ0) is 27.2. The molecule has 4 rings (SSSR count). The Morgan fingerprint density at radius 1 is 0.974 bits per heavy atom. The Morgan fingerprint density at radius 2 is 1.68 bits per heavy atom. The number of carbonyl (C=O) groups is 3. The van der Waals surface area contributed by atoms with Gasteiger partial charge in [-0.2, -0.15) is 0 Å². The first-order valence-corrected chi connectivity index (χ1v) is 12.4. The van der Waals surface area contributed by atoms with Crippen LogP contribution in [0, 0.1) is 6.92 Å². The molecule has 3 aromatic rings. The molecule has 0 aliphatic carbocycles. The van der Waals surface area contributed by atoms with Crippen molar-refractivity contribution in [1.29, 1.82) is 0 Å². The summed E-state index contributed by atoms with van der Waals surface area (Å²) in [5.74, 6) is -0.308. The van der Waals surface area contributed by atoms with Gasteiger partial charge in [0.25, 0.3) is 11.8 Å². The lowest BCUT2D eigenvalue weighted by atomic mass is 10.1. The van der Waals surface area contributed by atoms with E-state index in [1.807, 2.05) is 38.1 Å². The van der Waals surface area contributed by atoms with Gasteiger partial charge in [-0.05, 0) is 66.9 Å². The van der Waals surface area contributed by atoms with E-state index in [1.165, 1.54) is 13.2 Å². The molecule has 0 saturated carbocycles. The highest BCUT2D eigenvalue weighted by molar-refractivity contribution is 6.39. The van der Waals surface area contributed by atoms with Crippen LogP contribution in [-0.2, 0) is 16.2 Å². The quantitative estimate of drug-likeness (QED) is 0.280. The van der Waals surface area contributed by atoms with Crippen molar-refractivity contribution < 1.29 is 28.6 Å². The predicted octanol–water partition coefficient (Wildman–Crippen LogP) is 5.69. The number of hydrogen-bond donors (Lipinski definition) is 1. The summed E-state index contributed by atoms with van der Waals surface area (Å²) in [6, 6.07) is 16.7. The van der Waals surface area contributed by atoms with Gasteiger partial charge in [0.05, 0.1) is 24.4 Å². The van der Waals surface area contributed by atoms with Gasteiger partial charge in [0.2, 0.25) is 0 Å². The van der Waals surface area contributed by atoms with Crippen molar-refractivity contribution in [1.82, 2.24) is 5.32 Å². The average molecular weight is 535 g/mol. The smallest absolute Gasteiger partial charge is 0.335 e. The molecule has 1 fully saturated rings. The molecular formula is C29H27ClN2O6. The van der Waals surface area contributed by atoms with Gasteiger partial charge in [0.15, 0.2) is 11.5 Å². The number of urea groups is 1. The average Bonchev–Trinajstić information content (AvgIpc) is 2.90. The molecule has 0 unspecified atom stereocenters. The van der Waals surface area contributed by atoms with Crippen molar-refractivity contribution in [3.63, 3.8) is 0 Å². The molecule has 0 atom stereocenters. The number of carbonyl (C=O) groups excluding carboxylic acids is 3. The minimum absolute atomic E-state index is 0.234. The van der Waals surface area contributed by atoms with Gasteiger partial charge < -0.3 is 14.2 Å². The van der Waals surface area contributed by atoms with Crippen molar-refractivity contribution in [2.75, 3.05) is 18.6 Å². The second kappa shape index (κ2) is 11.8. The zero-order valence-corrected chi connectivity index (χ0v) is 22.0. The summed E-state index contributed by atoms with van der Waals surface area (Å²) >= 11 is 6.50. The number of barbiturate groups is 1. The molecule has 9 heteroatoms. The number of rotatable bonds is 9. The Kier molecular flexibility index (Phi) is 8.33. The van der Waals surface area contributed by atoms with Crippen molar-refractivity contribution in [2.45, 2.75) is 26.9 Å². The lowest BCUT2D eigenvalue weighted by Gasteiger charge is -2.26. The predicted molar refractivity (Wildman–Crippen MR) is 145 cm³/mol. The first-order chi connectivity index (χ1) is 18.3. The van der Waals surface area contributed by atoms with Crippen molar-refractivity contribution in [3.8, 4) is 17.2 Å². The molecule has 1 heterocycles. The SMILES string of the molecule is CCCOc1ccc(N2C(=O)NC(=O)/C(=C/c3cc(Cl)c(OCc4ccc(C)cc4)c(OC)c3)C2=O)cc1. The number of nitrogens with one attached hydrogen (secondary N) is 1. The van der Waals surface area contributed by atoms with Crippen LogP contribution in [0.5, 0.6) is 17.2 Å². The molecule has 8 nitrogen and oxygen atoms in total. The molecular weight excluding hydrogens is 508 g/mol. The van der Waals surface area contributed by atoms with Gasteiger partial charge in [-0.15, -0.1) is 0 Å². The lowest BCUT2D eigenvalue weighted by Crippen LogP contribution is -2.54. The van der Waals surface area contributed by atoms with Crippen LogP contribution in [0.2, 0.25) is 5.02 Å². The summed E-state index contributed by atoms with van der Waals surface area (Å²) in [6.45, 7) is 4.82. The maximum Gasteiger partial charge on any atom is 0.335 e. The van der Waals surface area contributed by atoms with Gasteiger partial charge in [-0.25, -0.2) is 9.69 Å². The van der Waals surface area contributed by atoms with E-state index in [9.17, 15) is 14.4 Å². The molecule has 1 aliphatic heterocycles. The summed E-state index contributed by atoms with van der Waals surface area (Å²) in [6.07, 6.45) is 2.20. The number of benzene rings is 3. The maximum atomic E-state index is 13.3. The standard InChI is InChI=1S/C29H27ClN2O6/c1-4-13-37-22-11-9-21(10-12-22)32-28(34)23(27(33)31-29(32)35)14-20-15-24(30)26(25(16-20)36-3)38-17-19-7-5-18(2)6-8-19/h5-12,14-16H,4,13,17H2,1-3H3,(H,31,33,35)/b23-14-. The van der Waals surface area contributed by atoms with Crippen molar-refractivity contribution >= 4 is 41.2 Å². The van der Waals surface area contributed by atoms with Gasteiger partial charge in [0, 0.05) is 0 Å². The third-order valence-electron chi connectivity index (χ3n) is 5.74. The van der Waals surface area contributed by atoms with Gasteiger partial charge in [-0.1, -0.05) is 48.4 Å². The van der Waals surface area contributed by atoms with E-state index in [-0.39, 0.29) is 17.2 Å². The highest BCUT2D eigenvalue weighted by Crippen LogP contribution is 2.38. The molecule has 0 aromatic heterocycles. The van der Waals surface area contributed by atoms with Gasteiger partial charge >= 0.3 is 6.03 Å². The molecule has 38 heavy (non-hydrogen) atoms. The van der Waals surface area contributed by atoms with Crippen molar-refractivity contribution in [3.05, 3.63) is 87.9 Å². The first kappa shape index (κ1) is 26.8. The second-order valence-electron chi connectivity index (χ2n) is 8.61. The summed E-state index contributed by atoms with van der Waals surface area (Å²) in [5, 5.41) is 2.45. The van der Waals surface area contributed by atoms with Crippen LogP contribution in [0.3, 0.4) is 0 Å². The van der Waals surface area contributed by atoms with E-state index >= 15 is 0 Å². The molecule has 0 bridgehead atoms. The highest BCUT2D eigenvalue weighted by Gasteiger charge is 2.37. The van der Waals surface area contributed by atoms with E-state index in [2.05, 4.69) is 5.32 Å². The summed E-state index contributed by atoms with van der Waals surface area (Å²) in [4.78, 5) is 39.3. The highest BCUT2D eigenvalue weighted by atomic mass is 35.5. The van der Waals surface area contributed by atoms with Crippen LogP contribution in [-0.4, -0.2) is 31.6 Å². The monoisotopic (exact) mass is 534 g/mol. The fraction of sp³-hybridized carbons (Fsp3) is 0.207. The van der Waals surface area contributed by atoms with Crippen LogP contribution in [0.15, 0.2) is 66.2 Å². The fourth-order valence-electron chi connectivity index (χ4n) is 3.77. The Morgan fingerprint density at radius 3 is 2.34 bits per heavy atom. The Hall–Kier alpha value is -4.30. The molecule has 0 spiro atoms. The third-order valence-corrected chi connectivity index (χ3v) is 6.02. The minimum Gasteiger partial charge on any atom is -0.494 e. The largest absolute Gasteiger partial charge is 0.494 e. The fourth-order valence-corrected chi connectivity index (χ4v) is 4.05. The lowest BCUT2D eigenvalue weighted by molar-refractivity contribution is -0.122. The molecule has 0 radical (unpaired) electrons. The normalized spacial score (nSPS) is 14.5. The number of nitrogens with zero attached hydrogens (tertiary/aromatic N) is 1. The van der Waals surface area contributed by atoms with E-state index in [1.54, 1.807) is 36.4 Å². The number of hydrogen-bond acceptors (Lipinski definition) is 6. The number of halogens is 1. The Bertz CT molecular complexity index is 1380. The maximum absolute atomic E-state index is 13.3. The van der Waals surface area contributed by atoms with Crippen LogP contribution in [0.4, 0.5) is 10.5 Å². The van der Waals surface area contributed by atoms with Gasteiger partial charge in [0.1, 0.15) is 17.9 Å². The molecule has 1 N–H and O–H groups in total. The van der Waals surface area contributed by atoms with Crippen LogP contribution in [0.25, 0.3) is 6.08 Å². The summed E-state index contributed by atoms with van der Waals surface area (Å²) < 4.78 is 16.9. The molecule has 4 amide bonds. The Labute approximate surface area is 225 Å². The number of ether oxygens (including phenoxy) is 3. The van der Waals surface area contributed by atoms with E-state index in [4.69, 9.17) is 25.8 Å². The number of imide groups is 2. The zero-order valence-electron chi connectivity index (χ0n) is 21.2. The van der Waals surface area contributed by atoms with Crippen LogP contribution >= 0.6 is 11.6 Å². The van der Waals surface area contributed by atoms with E-state index < -0.39 is 17.8 Å². The summed E-state index contributed by atoms with van der Waals surface area (Å²) in [7, 11) is 1.47. The molecule has 1 aliphatic rings. The van der Waals surface area contributed by atoms with Crippen LogP contribution < -0.4 is 24.4 Å². The van der Waals surface area contributed by atoms with E-state index in [0.29, 0.717) is 35.1 Å². The number of amides is 4. The third kappa shape index (κ3) is 5.98. The first-order valence-electron chi connectivity index (χ1n) is 12.0. The molecule has 196 valence electrons. The van der Waals surface area contributed by atoms with Crippen molar-refractivity contribution in [2.24, 2.45) is 0 Å². The topological polar surface area (TPSA) is 94.2 Å². The molecule has 3 aromatic carbocycles. The van der Waals surface area contributed by atoms with Crippen LogP contribution in [0.1, 0.15) is 30.0 Å². The Balaban J connectivity index is 1.59. The number of anilines is 1. The number of aryl methyl sites for hydroxylation is 1. The summed E-state index contributed by atoms with van der Waals surface area (Å²) in [5.41, 5.74) is 2.58.